The van der Waals surface area contributed by atoms with E-state index in [4.69, 9.17) is 4.74 Å². The molecule has 8 nitrogen and oxygen atoms in total. The number of aryl methyl sites for hydroxylation is 2. The minimum Gasteiger partial charge on any atom is -0.482 e. The molecule has 138 valence electrons. The number of Topliss-reactive ketones (excluding diaryl/α,β-unsaturated/α-hetero) is 1. The van der Waals surface area contributed by atoms with Gasteiger partial charge >= 0.3 is 0 Å². The summed E-state index contributed by atoms with van der Waals surface area (Å²) in [6, 6.07) is 6.89. The van der Waals surface area contributed by atoms with E-state index in [2.05, 4.69) is 20.5 Å². The van der Waals surface area contributed by atoms with Crippen LogP contribution in [0.15, 0.2) is 29.4 Å². The van der Waals surface area contributed by atoms with Crippen molar-refractivity contribution in [2.24, 2.45) is 0 Å². The van der Waals surface area contributed by atoms with Crippen LogP contribution in [-0.2, 0) is 4.79 Å². The molecule has 2 aromatic heterocycles. The van der Waals surface area contributed by atoms with Crippen LogP contribution in [-0.4, -0.2) is 43.1 Å². The number of ether oxygens (including phenoxy) is 1. The Hall–Kier alpha value is -2.94. The first kappa shape index (κ1) is 17.5. The van der Waals surface area contributed by atoms with Crippen LogP contribution in [0.2, 0.25) is 0 Å². The molecule has 1 aliphatic rings. The third-order valence-corrected chi connectivity index (χ3v) is 5.25. The molecule has 0 aliphatic carbocycles. The number of amides is 1. The van der Waals surface area contributed by atoms with Crippen LogP contribution in [0.4, 0.5) is 5.69 Å². The van der Waals surface area contributed by atoms with Crippen molar-refractivity contribution in [2.45, 2.75) is 31.2 Å². The zero-order valence-corrected chi connectivity index (χ0v) is 15.8. The van der Waals surface area contributed by atoms with Gasteiger partial charge in [0.2, 0.25) is 0 Å². The lowest BCUT2D eigenvalue weighted by atomic mass is 10.1. The summed E-state index contributed by atoms with van der Waals surface area (Å²) < 4.78 is 7.17. The van der Waals surface area contributed by atoms with Gasteiger partial charge in [-0.15, -0.1) is 10.2 Å². The van der Waals surface area contributed by atoms with Crippen LogP contribution < -0.4 is 10.1 Å². The number of thioether (sulfide) groups is 1. The number of rotatable bonds is 4. The summed E-state index contributed by atoms with van der Waals surface area (Å²) in [5, 5.41) is 11.3. The first-order valence-electron chi connectivity index (χ1n) is 8.39. The van der Waals surface area contributed by atoms with E-state index in [1.807, 2.05) is 31.2 Å². The van der Waals surface area contributed by atoms with Gasteiger partial charge in [-0.3, -0.25) is 14.0 Å². The average Bonchev–Trinajstić information content (AvgIpc) is 3.03. The Bertz CT molecular complexity index is 1080. The van der Waals surface area contributed by atoms with E-state index >= 15 is 0 Å². The molecule has 0 spiro atoms. The average molecular weight is 383 g/mol. The lowest BCUT2D eigenvalue weighted by Crippen LogP contribution is -2.25. The van der Waals surface area contributed by atoms with E-state index in [1.54, 1.807) is 18.2 Å². The SMILES string of the molecule is Cc1cc2nnc(SC(C)C(=O)c3ccc4c(c3)NC(=O)CO4)n2c(C)n1. The van der Waals surface area contributed by atoms with Crippen LogP contribution in [0, 0.1) is 13.8 Å². The van der Waals surface area contributed by atoms with Crippen molar-refractivity contribution >= 4 is 34.8 Å². The van der Waals surface area contributed by atoms with Gasteiger partial charge in [0.15, 0.2) is 23.2 Å². The molecule has 4 rings (SSSR count). The normalized spacial score (nSPS) is 14.4. The summed E-state index contributed by atoms with van der Waals surface area (Å²) in [6.45, 7) is 5.59. The highest BCUT2D eigenvalue weighted by Gasteiger charge is 2.23. The maximum Gasteiger partial charge on any atom is 0.262 e. The first-order chi connectivity index (χ1) is 12.9. The second-order valence-corrected chi connectivity index (χ2v) is 7.60. The van der Waals surface area contributed by atoms with Gasteiger partial charge in [-0.05, 0) is 39.0 Å². The molecular formula is C18H17N5O3S. The Kier molecular flexibility index (Phi) is 4.31. The number of anilines is 1. The van der Waals surface area contributed by atoms with Gasteiger partial charge in [0.1, 0.15) is 11.6 Å². The van der Waals surface area contributed by atoms with Crippen molar-refractivity contribution in [3.05, 3.63) is 41.3 Å². The molecule has 1 N–H and O–H groups in total. The molecule has 0 saturated heterocycles. The van der Waals surface area contributed by atoms with Gasteiger partial charge in [-0.2, -0.15) is 0 Å². The summed E-state index contributed by atoms with van der Waals surface area (Å²) in [7, 11) is 0. The Morgan fingerprint density at radius 2 is 2.11 bits per heavy atom. The smallest absolute Gasteiger partial charge is 0.262 e. The number of hydrogen-bond acceptors (Lipinski definition) is 7. The number of benzene rings is 1. The fourth-order valence-electron chi connectivity index (χ4n) is 2.96. The number of nitrogens with one attached hydrogen (secondary N) is 1. The van der Waals surface area contributed by atoms with Crippen molar-refractivity contribution in [1.82, 2.24) is 19.6 Å². The standard InChI is InChI=1S/C18H17N5O3S/c1-9-6-15-21-22-18(23(15)11(3)19-9)27-10(2)17(25)12-4-5-14-13(7-12)20-16(24)8-26-14/h4-7,10H,8H2,1-3H3,(H,20,24). The van der Waals surface area contributed by atoms with Crippen LogP contribution >= 0.6 is 11.8 Å². The Morgan fingerprint density at radius 1 is 1.30 bits per heavy atom. The fourth-order valence-corrected chi connectivity index (χ4v) is 3.94. The third kappa shape index (κ3) is 3.25. The number of nitrogens with zero attached hydrogens (tertiary/aromatic N) is 4. The maximum atomic E-state index is 12.9. The van der Waals surface area contributed by atoms with Gasteiger partial charge in [-0.1, -0.05) is 11.8 Å². The van der Waals surface area contributed by atoms with Crippen molar-refractivity contribution in [3.63, 3.8) is 0 Å². The van der Waals surface area contributed by atoms with E-state index in [1.165, 1.54) is 11.8 Å². The molecule has 0 saturated carbocycles. The van der Waals surface area contributed by atoms with E-state index in [0.29, 0.717) is 27.8 Å². The first-order valence-corrected chi connectivity index (χ1v) is 9.27. The molecule has 1 atom stereocenters. The molecule has 1 aliphatic heterocycles. The van der Waals surface area contributed by atoms with Crippen molar-refractivity contribution in [1.29, 1.82) is 0 Å². The highest BCUT2D eigenvalue weighted by Crippen LogP contribution is 2.31. The number of aromatic nitrogens is 4. The number of fused-ring (bicyclic) bond motifs is 2. The van der Waals surface area contributed by atoms with Crippen molar-refractivity contribution < 1.29 is 14.3 Å². The summed E-state index contributed by atoms with van der Waals surface area (Å²) in [5.74, 6) is 1.03. The molecule has 0 bridgehead atoms. The van der Waals surface area contributed by atoms with Gasteiger partial charge < -0.3 is 10.1 Å². The lowest BCUT2D eigenvalue weighted by Gasteiger charge is -2.19. The molecule has 1 aromatic carbocycles. The monoisotopic (exact) mass is 383 g/mol. The van der Waals surface area contributed by atoms with E-state index in [9.17, 15) is 9.59 Å². The maximum absolute atomic E-state index is 12.9. The van der Waals surface area contributed by atoms with E-state index in [-0.39, 0.29) is 18.3 Å². The van der Waals surface area contributed by atoms with Gasteiger partial charge in [0.25, 0.3) is 5.91 Å². The van der Waals surface area contributed by atoms with Gasteiger partial charge in [0.05, 0.1) is 10.9 Å². The van der Waals surface area contributed by atoms with Crippen LogP contribution in [0.25, 0.3) is 5.65 Å². The van der Waals surface area contributed by atoms with Crippen LogP contribution in [0.3, 0.4) is 0 Å². The quantitative estimate of drug-likeness (QED) is 0.546. The van der Waals surface area contributed by atoms with Crippen LogP contribution in [0.1, 0.15) is 28.8 Å². The van der Waals surface area contributed by atoms with Crippen molar-refractivity contribution in [3.8, 4) is 5.75 Å². The summed E-state index contributed by atoms with van der Waals surface area (Å²) in [4.78, 5) is 28.8. The minimum absolute atomic E-state index is 0.0145. The predicted octanol–water partition coefficient (Wildman–Crippen LogP) is 2.44. The molecule has 27 heavy (non-hydrogen) atoms. The predicted molar refractivity (Wildman–Crippen MR) is 100 cm³/mol. The van der Waals surface area contributed by atoms with E-state index < -0.39 is 5.25 Å². The summed E-state index contributed by atoms with van der Waals surface area (Å²) >= 11 is 1.32. The number of ketones is 1. The highest BCUT2D eigenvalue weighted by molar-refractivity contribution is 8.00. The molecule has 1 amide bonds. The van der Waals surface area contributed by atoms with E-state index in [0.717, 1.165) is 11.5 Å². The number of carbonyl (C=O) groups excluding carboxylic acids is 2. The summed E-state index contributed by atoms with van der Waals surface area (Å²) in [6.07, 6.45) is 0. The lowest BCUT2D eigenvalue weighted by molar-refractivity contribution is -0.118. The molecule has 9 heteroatoms. The largest absolute Gasteiger partial charge is 0.482 e. The molecule has 0 radical (unpaired) electrons. The molecule has 3 aromatic rings. The Labute approximate surface area is 159 Å². The molecule has 0 fully saturated rings. The summed E-state index contributed by atoms with van der Waals surface area (Å²) in [5.41, 5.74) is 2.58. The Morgan fingerprint density at radius 3 is 2.93 bits per heavy atom. The second kappa shape index (κ2) is 6.66. The number of carbonyl (C=O) groups is 2. The minimum atomic E-state index is -0.392. The fraction of sp³-hybridized carbons (Fsp3) is 0.278. The van der Waals surface area contributed by atoms with Gasteiger partial charge in [0, 0.05) is 17.3 Å². The zero-order valence-electron chi connectivity index (χ0n) is 15.0. The highest BCUT2D eigenvalue weighted by atomic mass is 32.2. The zero-order chi connectivity index (χ0) is 19.1. The molecular weight excluding hydrogens is 366 g/mol. The molecule has 3 heterocycles. The van der Waals surface area contributed by atoms with Crippen LogP contribution in [0.5, 0.6) is 5.75 Å². The van der Waals surface area contributed by atoms with Crippen molar-refractivity contribution in [2.75, 3.05) is 11.9 Å². The third-order valence-electron chi connectivity index (χ3n) is 4.21. The van der Waals surface area contributed by atoms with Gasteiger partial charge in [-0.25, -0.2) is 4.98 Å². The topological polar surface area (TPSA) is 98.5 Å². The number of hydrogen-bond donors (Lipinski definition) is 1. The molecule has 1 unspecified atom stereocenters. The second-order valence-electron chi connectivity index (χ2n) is 6.29. The Balaban J connectivity index is 1.59.